The van der Waals surface area contributed by atoms with Gasteiger partial charge in [-0.25, -0.2) is 0 Å². The Morgan fingerprint density at radius 2 is 1.81 bits per heavy atom. The molecule has 0 fully saturated rings. The summed E-state index contributed by atoms with van der Waals surface area (Å²) in [4.78, 5) is 12.5. The van der Waals surface area contributed by atoms with Crippen LogP contribution in [-0.4, -0.2) is 33.5 Å². The van der Waals surface area contributed by atoms with Gasteiger partial charge in [0.05, 0.1) is 21.3 Å². The molecular weight excluding hydrogens is 334 g/mol. The van der Waals surface area contributed by atoms with Crippen LogP contribution < -0.4 is 25.0 Å². The highest BCUT2D eigenvalue weighted by atomic mass is 16.5. The van der Waals surface area contributed by atoms with Gasteiger partial charge in [0, 0.05) is 11.6 Å². The lowest BCUT2D eigenvalue weighted by Crippen LogP contribution is -2.17. The number of hydrogen-bond donors (Lipinski definition) is 2. The Kier molecular flexibility index (Phi) is 5.04. The molecule has 0 radical (unpaired) electrons. The monoisotopic (exact) mass is 357 g/mol. The van der Waals surface area contributed by atoms with Crippen molar-refractivity contribution < 1.29 is 19.3 Å². The van der Waals surface area contributed by atoms with E-state index in [2.05, 4.69) is 5.32 Å². The first-order chi connectivity index (χ1) is 12.5. The molecule has 0 unspecified atom stereocenters. The minimum absolute atomic E-state index is 0.0138. The van der Waals surface area contributed by atoms with Gasteiger partial charge in [-0.15, -0.1) is 0 Å². The molecule has 1 atom stereocenters. The van der Waals surface area contributed by atoms with Crippen molar-refractivity contribution in [3.8, 4) is 34.1 Å². The fourth-order valence-corrected chi connectivity index (χ4v) is 3.63. The second-order valence-electron chi connectivity index (χ2n) is 6.16. The number of fused-ring (bicyclic) bond motifs is 3. The van der Waals surface area contributed by atoms with Crippen LogP contribution in [0.1, 0.15) is 23.6 Å². The van der Waals surface area contributed by atoms with Crippen LogP contribution in [0.5, 0.6) is 23.0 Å². The Balaban J connectivity index is 2.44. The predicted octanol–water partition coefficient (Wildman–Crippen LogP) is 2.65. The predicted molar refractivity (Wildman–Crippen MR) is 99.6 cm³/mol. The summed E-state index contributed by atoms with van der Waals surface area (Å²) in [6.45, 7) is 0. The zero-order valence-corrected chi connectivity index (χ0v) is 15.4. The van der Waals surface area contributed by atoms with Crippen molar-refractivity contribution in [2.75, 3.05) is 28.4 Å². The molecular formula is C20H23NO5. The SMILES string of the molecule is CN[C@@H]1CCc2cc(O)c(OC)c(OC)c2-c2ccc(OC)c(=O)cc21. The summed E-state index contributed by atoms with van der Waals surface area (Å²) in [5, 5.41) is 13.6. The highest BCUT2D eigenvalue weighted by Gasteiger charge is 2.28. The number of nitrogens with one attached hydrogen (secondary N) is 1. The molecule has 0 saturated carbocycles. The standard InChI is InChI=1S/C20H23NO5/c1-21-14-7-5-11-9-16(23)19(25-3)20(26-4)18(11)12-6-8-17(24-2)15(22)10-13(12)14/h6,8-10,14,21,23H,5,7H2,1-4H3/t14-/m1/s1. The molecule has 0 amide bonds. The number of ether oxygens (including phenoxy) is 3. The van der Waals surface area contributed by atoms with E-state index in [9.17, 15) is 9.90 Å². The molecule has 2 N–H and O–H groups in total. The molecule has 0 heterocycles. The van der Waals surface area contributed by atoms with Gasteiger partial charge in [-0.1, -0.05) is 6.07 Å². The Bertz CT molecular complexity index is 894. The van der Waals surface area contributed by atoms with Crippen LogP contribution in [0.2, 0.25) is 0 Å². The van der Waals surface area contributed by atoms with Gasteiger partial charge < -0.3 is 24.6 Å². The van der Waals surface area contributed by atoms with Crippen LogP contribution in [0.15, 0.2) is 29.1 Å². The van der Waals surface area contributed by atoms with Crippen molar-refractivity contribution in [1.29, 1.82) is 0 Å². The van der Waals surface area contributed by atoms with Gasteiger partial charge in [0.25, 0.3) is 0 Å². The minimum atomic E-state index is -0.179. The maximum absolute atomic E-state index is 12.5. The molecule has 2 aromatic rings. The fraction of sp³-hybridized carbons (Fsp3) is 0.350. The van der Waals surface area contributed by atoms with E-state index in [1.165, 1.54) is 14.2 Å². The second kappa shape index (κ2) is 7.25. The molecule has 2 aromatic carbocycles. The van der Waals surface area contributed by atoms with Gasteiger partial charge in [-0.2, -0.15) is 0 Å². The quantitative estimate of drug-likeness (QED) is 0.876. The lowest BCUT2D eigenvalue weighted by molar-refractivity contribution is 0.333. The maximum Gasteiger partial charge on any atom is 0.220 e. The van der Waals surface area contributed by atoms with Crippen LogP contribution in [-0.2, 0) is 6.42 Å². The third-order valence-electron chi connectivity index (χ3n) is 4.86. The largest absolute Gasteiger partial charge is 0.504 e. The van der Waals surface area contributed by atoms with E-state index in [4.69, 9.17) is 14.2 Å². The number of aryl methyl sites for hydroxylation is 1. The Labute approximate surface area is 152 Å². The summed E-state index contributed by atoms with van der Waals surface area (Å²) in [5.74, 6) is 1.05. The van der Waals surface area contributed by atoms with Crippen LogP contribution >= 0.6 is 0 Å². The van der Waals surface area contributed by atoms with E-state index in [1.54, 1.807) is 25.3 Å². The molecule has 6 nitrogen and oxygen atoms in total. The van der Waals surface area contributed by atoms with Gasteiger partial charge in [-0.05, 0) is 54.8 Å². The van der Waals surface area contributed by atoms with Crippen molar-refractivity contribution in [3.63, 3.8) is 0 Å². The van der Waals surface area contributed by atoms with Crippen LogP contribution in [0.3, 0.4) is 0 Å². The van der Waals surface area contributed by atoms with Gasteiger partial charge in [0.2, 0.25) is 11.2 Å². The van der Waals surface area contributed by atoms with E-state index in [0.29, 0.717) is 5.75 Å². The first-order valence-corrected chi connectivity index (χ1v) is 8.42. The highest BCUT2D eigenvalue weighted by Crippen LogP contribution is 2.49. The zero-order valence-electron chi connectivity index (χ0n) is 15.4. The van der Waals surface area contributed by atoms with Crippen molar-refractivity contribution in [1.82, 2.24) is 5.32 Å². The minimum Gasteiger partial charge on any atom is -0.504 e. The summed E-state index contributed by atoms with van der Waals surface area (Å²) in [5.41, 5.74) is 3.31. The number of phenols is 1. The Hall–Kier alpha value is -2.73. The smallest absolute Gasteiger partial charge is 0.220 e. The average molecular weight is 357 g/mol. The van der Waals surface area contributed by atoms with Crippen LogP contribution in [0.4, 0.5) is 0 Å². The fourth-order valence-electron chi connectivity index (χ4n) is 3.63. The summed E-state index contributed by atoms with van der Waals surface area (Å²) < 4.78 is 16.2. The van der Waals surface area contributed by atoms with Gasteiger partial charge >= 0.3 is 0 Å². The normalized spacial score (nSPS) is 15.5. The van der Waals surface area contributed by atoms with Crippen molar-refractivity contribution in [2.45, 2.75) is 18.9 Å². The van der Waals surface area contributed by atoms with Gasteiger partial charge in [-0.3, -0.25) is 4.79 Å². The number of methoxy groups -OCH3 is 3. The summed E-state index contributed by atoms with van der Waals surface area (Å²) >= 11 is 0. The molecule has 26 heavy (non-hydrogen) atoms. The number of benzene rings is 1. The third kappa shape index (κ3) is 2.86. The van der Waals surface area contributed by atoms with Crippen molar-refractivity contribution in [3.05, 3.63) is 45.6 Å². The molecule has 1 aliphatic rings. The second-order valence-corrected chi connectivity index (χ2v) is 6.16. The Morgan fingerprint density at radius 1 is 1.08 bits per heavy atom. The molecule has 3 rings (SSSR count). The number of phenolic OH excluding ortho intramolecular Hbond substituents is 1. The lowest BCUT2D eigenvalue weighted by Gasteiger charge is -2.18. The number of aromatic hydroxyl groups is 1. The Morgan fingerprint density at radius 3 is 2.42 bits per heavy atom. The molecule has 138 valence electrons. The number of rotatable bonds is 4. The highest BCUT2D eigenvalue weighted by molar-refractivity contribution is 5.82. The van der Waals surface area contributed by atoms with Gasteiger partial charge in [0.15, 0.2) is 17.2 Å². The van der Waals surface area contributed by atoms with Crippen molar-refractivity contribution in [2.24, 2.45) is 0 Å². The number of hydrogen-bond acceptors (Lipinski definition) is 6. The van der Waals surface area contributed by atoms with E-state index in [-0.39, 0.29) is 28.7 Å². The molecule has 0 aliphatic heterocycles. The van der Waals surface area contributed by atoms with E-state index < -0.39 is 0 Å². The molecule has 0 saturated heterocycles. The molecule has 6 heteroatoms. The zero-order chi connectivity index (χ0) is 18.8. The van der Waals surface area contributed by atoms with E-state index in [1.807, 2.05) is 13.1 Å². The van der Waals surface area contributed by atoms with E-state index >= 15 is 0 Å². The molecule has 1 aliphatic carbocycles. The summed E-state index contributed by atoms with van der Waals surface area (Å²) in [6.07, 6.45) is 1.50. The third-order valence-corrected chi connectivity index (χ3v) is 4.86. The molecule has 0 spiro atoms. The van der Waals surface area contributed by atoms with E-state index in [0.717, 1.165) is 35.1 Å². The maximum atomic E-state index is 12.5. The average Bonchev–Trinajstić information content (AvgIpc) is 2.88. The molecule has 0 bridgehead atoms. The van der Waals surface area contributed by atoms with Crippen LogP contribution in [0.25, 0.3) is 11.1 Å². The van der Waals surface area contributed by atoms with Crippen molar-refractivity contribution >= 4 is 0 Å². The molecule has 0 aromatic heterocycles. The topological polar surface area (TPSA) is 77.0 Å². The first kappa shape index (κ1) is 18.1. The lowest BCUT2D eigenvalue weighted by atomic mass is 9.95. The summed E-state index contributed by atoms with van der Waals surface area (Å²) in [7, 11) is 6.38. The van der Waals surface area contributed by atoms with Gasteiger partial charge in [0.1, 0.15) is 0 Å². The first-order valence-electron chi connectivity index (χ1n) is 8.42. The van der Waals surface area contributed by atoms with Crippen LogP contribution in [0, 0.1) is 0 Å². The summed E-state index contributed by atoms with van der Waals surface area (Å²) in [6, 6.07) is 6.84.